The van der Waals surface area contributed by atoms with E-state index in [4.69, 9.17) is 33.5 Å². The smallest absolute Gasteiger partial charge is 0.432 e. The van der Waals surface area contributed by atoms with Crippen molar-refractivity contribution in [3.63, 3.8) is 0 Å². The fourth-order valence-electron chi connectivity index (χ4n) is 3.85. The lowest BCUT2D eigenvalue weighted by Crippen LogP contribution is -2.52. The second kappa shape index (κ2) is 13.2. The highest BCUT2D eigenvalue weighted by atomic mass is 31.2. The van der Waals surface area contributed by atoms with Crippen LogP contribution in [0.15, 0.2) is 18.5 Å². The van der Waals surface area contributed by atoms with Gasteiger partial charge in [-0.15, -0.1) is 0 Å². The number of carbonyl (C=O) groups is 2. The standard InChI is InChI=1S/C23H32N5O13P/c1-13(2)39-20(30)34-11-37-42(33,38-12-35-21(31)40-14(3)4)36-8-16-18(29)22(5,32)23(9-24,41-16)17-7-6-15-19(25)26-10-27-28(15)17/h6-7,10,13-14,16,18,29,32H,8,11-12H2,1-5H3,(H2,25,26,27)/t16-,18-,22?,23+/m1/s1. The zero-order valence-electron chi connectivity index (χ0n) is 23.4. The summed E-state index contributed by atoms with van der Waals surface area (Å²) < 4.78 is 54.4. The number of carbonyl (C=O) groups excluding carboxylic acids is 2. The first-order chi connectivity index (χ1) is 19.7. The summed E-state index contributed by atoms with van der Waals surface area (Å²) in [6.45, 7) is 4.65. The number of nitriles is 1. The van der Waals surface area contributed by atoms with Crippen molar-refractivity contribution in [2.24, 2.45) is 0 Å². The molecule has 1 unspecified atom stereocenters. The predicted molar refractivity (Wildman–Crippen MR) is 137 cm³/mol. The molecule has 0 aromatic carbocycles. The number of aromatic nitrogens is 3. The molecule has 19 heteroatoms. The second-order valence-electron chi connectivity index (χ2n) is 9.56. The molecule has 0 bridgehead atoms. The zero-order valence-corrected chi connectivity index (χ0v) is 24.3. The molecule has 232 valence electrons. The van der Waals surface area contributed by atoms with Crippen LogP contribution in [0.25, 0.3) is 5.52 Å². The van der Waals surface area contributed by atoms with Crippen LogP contribution in [0.5, 0.6) is 0 Å². The number of phosphoric acid groups is 1. The summed E-state index contributed by atoms with van der Waals surface area (Å²) in [6, 6.07) is 4.78. The second-order valence-corrected chi connectivity index (χ2v) is 11.2. The van der Waals surface area contributed by atoms with Gasteiger partial charge in [0.15, 0.2) is 5.82 Å². The van der Waals surface area contributed by atoms with Gasteiger partial charge < -0.3 is 39.6 Å². The van der Waals surface area contributed by atoms with Gasteiger partial charge in [0.25, 0.3) is 0 Å². The summed E-state index contributed by atoms with van der Waals surface area (Å²) in [5.74, 6) is 0.0802. The van der Waals surface area contributed by atoms with E-state index in [0.717, 1.165) is 13.3 Å². The van der Waals surface area contributed by atoms with Crippen molar-refractivity contribution >= 4 is 31.5 Å². The van der Waals surface area contributed by atoms with Crippen molar-refractivity contribution in [1.82, 2.24) is 14.6 Å². The van der Waals surface area contributed by atoms with E-state index in [1.165, 1.54) is 16.6 Å². The number of anilines is 1. The van der Waals surface area contributed by atoms with E-state index in [-0.39, 0.29) is 11.5 Å². The number of aliphatic hydroxyl groups is 2. The minimum atomic E-state index is -4.74. The van der Waals surface area contributed by atoms with Gasteiger partial charge in [0.05, 0.1) is 24.5 Å². The van der Waals surface area contributed by atoms with Crippen molar-refractivity contribution in [2.75, 3.05) is 25.9 Å². The molecule has 1 aliphatic rings. The van der Waals surface area contributed by atoms with Gasteiger partial charge in [-0.2, -0.15) is 10.4 Å². The minimum absolute atomic E-state index is 0.00506. The SMILES string of the molecule is CC(C)OC(=O)OCOP(=O)(OCOC(=O)OC(C)C)OC[C@H]1O[C@@](C#N)(c2ccc3c(N)ncnn23)C(C)(O)[C@@H]1O. The Morgan fingerprint density at radius 1 is 1.14 bits per heavy atom. The monoisotopic (exact) mass is 617 g/mol. The van der Waals surface area contributed by atoms with E-state index < -0.39 is 75.9 Å². The average Bonchev–Trinajstić information content (AvgIpc) is 3.41. The van der Waals surface area contributed by atoms with Gasteiger partial charge >= 0.3 is 20.1 Å². The first kappa shape index (κ1) is 32.9. The van der Waals surface area contributed by atoms with Crippen LogP contribution in [-0.2, 0) is 47.4 Å². The Balaban J connectivity index is 1.78. The number of hydrogen-bond acceptors (Lipinski definition) is 17. The Kier molecular flexibility index (Phi) is 10.3. The van der Waals surface area contributed by atoms with E-state index in [2.05, 4.69) is 19.6 Å². The molecule has 1 aliphatic heterocycles. The maximum Gasteiger partial charge on any atom is 0.510 e. The highest BCUT2D eigenvalue weighted by Gasteiger charge is 2.65. The van der Waals surface area contributed by atoms with Crippen LogP contribution >= 0.6 is 7.82 Å². The Labute approximate surface area is 239 Å². The molecule has 18 nitrogen and oxygen atoms in total. The fraction of sp³-hybridized carbons (Fsp3) is 0.609. The zero-order chi connectivity index (χ0) is 31.3. The van der Waals surface area contributed by atoms with Gasteiger partial charge in [0.1, 0.15) is 35.7 Å². The Morgan fingerprint density at radius 2 is 1.71 bits per heavy atom. The summed E-state index contributed by atoms with van der Waals surface area (Å²) in [5.41, 5.74) is 1.67. The van der Waals surface area contributed by atoms with E-state index in [1.807, 2.05) is 6.07 Å². The van der Waals surface area contributed by atoms with Gasteiger partial charge in [0.2, 0.25) is 19.2 Å². The van der Waals surface area contributed by atoms with Crippen molar-refractivity contribution < 1.29 is 61.6 Å². The normalized spacial score (nSPS) is 24.1. The molecule has 1 saturated heterocycles. The first-order valence-corrected chi connectivity index (χ1v) is 13.9. The third-order valence-electron chi connectivity index (χ3n) is 5.80. The molecule has 0 spiro atoms. The van der Waals surface area contributed by atoms with Crippen molar-refractivity contribution in [3.8, 4) is 6.07 Å². The Morgan fingerprint density at radius 3 is 2.24 bits per heavy atom. The lowest BCUT2D eigenvalue weighted by molar-refractivity contribution is -0.110. The summed E-state index contributed by atoms with van der Waals surface area (Å²) in [6.07, 6.45) is -5.53. The third-order valence-corrected chi connectivity index (χ3v) is 7.11. The number of aliphatic hydroxyl groups excluding tert-OH is 1. The van der Waals surface area contributed by atoms with E-state index in [0.29, 0.717) is 5.52 Å². The quantitative estimate of drug-likeness (QED) is 0.174. The molecule has 4 atom stereocenters. The Bertz CT molecular complexity index is 1330. The third kappa shape index (κ3) is 7.07. The van der Waals surface area contributed by atoms with Gasteiger partial charge in [-0.3, -0.25) is 4.52 Å². The molecule has 1 fully saturated rings. The van der Waals surface area contributed by atoms with Gasteiger partial charge in [-0.05, 0) is 46.8 Å². The number of phosphoric ester groups is 1. The highest BCUT2D eigenvalue weighted by molar-refractivity contribution is 7.48. The van der Waals surface area contributed by atoms with Gasteiger partial charge in [-0.25, -0.2) is 32.7 Å². The number of hydrogen-bond donors (Lipinski definition) is 3. The number of fused-ring (bicyclic) bond motifs is 1. The molecule has 42 heavy (non-hydrogen) atoms. The van der Waals surface area contributed by atoms with Crippen LogP contribution in [0.4, 0.5) is 15.4 Å². The molecule has 0 aliphatic carbocycles. The molecule has 3 heterocycles. The van der Waals surface area contributed by atoms with E-state index in [9.17, 15) is 29.6 Å². The number of nitrogens with zero attached hydrogens (tertiary/aromatic N) is 4. The van der Waals surface area contributed by atoms with E-state index in [1.54, 1.807) is 27.7 Å². The Hall–Kier alpha value is -3.56. The summed E-state index contributed by atoms with van der Waals surface area (Å²) >= 11 is 0. The van der Waals surface area contributed by atoms with Crippen molar-refractivity contribution in [3.05, 3.63) is 24.2 Å². The van der Waals surface area contributed by atoms with Crippen molar-refractivity contribution in [2.45, 2.75) is 70.2 Å². The van der Waals surface area contributed by atoms with Gasteiger partial charge in [-0.1, -0.05) is 0 Å². The molecule has 2 aromatic heterocycles. The largest absolute Gasteiger partial charge is 0.510 e. The molecular formula is C23H32N5O13P. The molecule has 0 saturated carbocycles. The van der Waals surface area contributed by atoms with Crippen LogP contribution in [0.2, 0.25) is 0 Å². The molecule has 2 aromatic rings. The van der Waals surface area contributed by atoms with Crippen molar-refractivity contribution in [1.29, 1.82) is 5.26 Å². The van der Waals surface area contributed by atoms with Gasteiger partial charge in [0, 0.05) is 0 Å². The van der Waals surface area contributed by atoms with Crippen LogP contribution < -0.4 is 5.73 Å². The molecule has 0 amide bonds. The lowest BCUT2D eigenvalue weighted by atomic mass is 9.80. The number of ether oxygens (including phenoxy) is 5. The summed E-state index contributed by atoms with van der Waals surface area (Å²) in [5, 5.41) is 36.5. The maximum absolute atomic E-state index is 13.3. The van der Waals surface area contributed by atoms with Crippen LogP contribution in [-0.4, -0.2) is 87.3 Å². The number of rotatable bonds is 12. The fourth-order valence-corrected chi connectivity index (χ4v) is 4.77. The number of nitrogens with two attached hydrogens (primary N) is 1. The molecule has 3 rings (SSSR count). The molecular weight excluding hydrogens is 585 g/mol. The average molecular weight is 618 g/mol. The van der Waals surface area contributed by atoms with Crippen LogP contribution in [0, 0.1) is 11.3 Å². The minimum Gasteiger partial charge on any atom is -0.432 e. The first-order valence-electron chi connectivity index (χ1n) is 12.4. The maximum atomic E-state index is 13.3. The highest BCUT2D eigenvalue weighted by Crippen LogP contribution is 2.52. The molecule has 4 N–H and O–H groups in total. The summed E-state index contributed by atoms with van der Waals surface area (Å²) in [7, 11) is -4.74. The van der Waals surface area contributed by atoms with E-state index >= 15 is 0 Å². The molecule has 0 radical (unpaired) electrons. The topological polar surface area (TPSA) is 246 Å². The summed E-state index contributed by atoms with van der Waals surface area (Å²) in [4.78, 5) is 27.2. The lowest BCUT2D eigenvalue weighted by Gasteiger charge is -2.33. The predicted octanol–water partition coefficient (Wildman–Crippen LogP) is 1.74. The number of nitrogen functional groups attached to an aromatic ring is 1. The van der Waals surface area contributed by atoms with Crippen LogP contribution in [0.3, 0.4) is 0 Å². The van der Waals surface area contributed by atoms with Crippen LogP contribution in [0.1, 0.15) is 40.3 Å².